The highest BCUT2D eigenvalue weighted by molar-refractivity contribution is 5.88. The van der Waals surface area contributed by atoms with E-state index in [4.69, 9.17) is 10.5 Å². The van der Waals surface area contributed by atoms with Gasteiger partial charge in [-0.3, -0.25) is 9.69 Å². The number of esters is 1. The lowest BCUT2D eigenvalue weighted by Crippen LogP contribution is -2.33. The number of methoxy groups -OCH3 is 1. The Morgan fingerprint density at radius 1 is 1.35 bits per heavy atom. The third-order valence-electron chi connectivity index (χ3n) is 4.90. The van der Waals surface area contributed by atoms with Crippen LogP contribution in [0.2, 0.25) is 0 Å². The van der Waals surface area contributed by atoms with E-state index in [1.807, 2.05) is 0 Å². The van der Waals surface area contributed by atoms with Crippen molar-refractivity contribution in [1.82, 2.24) is 9.47 Å². The summed E-state index contributed by atoms with van der Waals surface area (Å²) >= 11 is 0. The molecule has 5 nitrogen and oxygen atoms in total. The molecule has 0 saturated heterocycles. The second-order valence-electron chi connectivity index (χ2n) is 6.45. The molecule has 2 N–H and O–H groups in total. The Labute approximate surface area is 137 Å². The van der Waals surface area contributed by atoms with Crippen LogP contribution in [0.15, 0.2) is 12.1 Å². The van der Waals surface area contributed by atoms with E-state index in [0.717, 1.165) is 25.2 Å². The van der Waals surface area contributed by atoms with Crippen LogP contribution in [0, 0.1) is 6.92 Å². The van der Waals surface area contributed by atoms with Gasteiger partial charge in [0.25, 0.3) is 0 Å². The number of aryl methyl sites for hydroxylation is 1. The van der Waals surface area contributed by atoms with E-state index in [0.29, 0.717) is 6.42 Å². The van der Waals surface area contributed by atoms with Crippen LogP contribution in [0.5, 0.6) is 0 Å². The highest BCUT2D eigenvalue weighted by atomic mass is 16.5. The first kappa shape index (κ1) is 16.0. The summed E-state index contributed by atoms with van der Waals surface area (Å²) in [5, 5.41) is 1.22. The lowest BCUT2D eigenvalue weighted by atomic mass is 10.00. The molecule has 2 heterocycles. The summed E-state index contributed by atoms with van der Waals surface area (Å²) in [4.78, 5) is 14.0. The number of carbonyl (C=O) groups excluding carboxylic acids is 1. The molecule has 1 unspecified atom stereocenters. The number of hydrogen-bond acceptors (Lipinski definition) is 4. The van der Waals surface area contributed by atoms with Crippen LogP contribution in [-0.4, -0.2) is 35.6 Å². The number of fused-ring (bicyclic) bond motifs is 2. The van der Waals surface area contributed by atoms with E-state index in [1.165, 1.54) is 34.8 Å². The van der Waals surface area contributed by atoms with E-state index < -0.39 is 6.04 Å². The van der Waals surface area contributed by atoms with Gasteiger partial charge >= 0.3 is 5.97 Å². The fraction of sp³-hybridized carbons (Fsp3) is 0.500. The highest BCUT2D eigenvalue weighted by Crippen LogP contribution is 2.33. The smallest absolute Gasteiger partial charge is 0.322 e. The largest absolute Gasteiger partial charge is 0.468 e. The molecule has 5 heteroatoms. The predicted octanol–water partition coefficient (Wildman–Crippen LogP) is 1.96. The molecule has 1 aliphatic rings. The van der Waals surface area contributed by atoms with Gasteiger partial charge in [-0.15, -0.1) is 0 Å². The summed E-state index contributed by atoms with van der Waals surface area (Å²) in [5.74, 6) is -0.359. The van der Waals surface area contributed by atoms with E-state index in [9.17, 15) is 4.79 Å². The summed E-state index contributed by atoms with van der Waals surface area (Å²) in [6, 6.07) is 3.97. The minimum Gasteiger partial charge on any atom is -0.468 e. The lowest BCUT2D eigenvalue weighted by molar-refractivity contribution is -0.142. The Morgan fingerprint density at radius 3 is 2.61 bits per heavy atom. The van der Waals surface area contributed by atoms with Crippen LogP contribution in [-0.2, 0) is 35.6 Å². The molecule has 0 spiro atoms. The number of hydrogen-bond donors (Lipinski definition) is 1. The third-order valence-corrected chi connectivity index (χ3v) is 4.90. The van der Waals surface area contributed by atoms with E-state index in [1.54, 1.807) is 0 Å². The van der Waals surface area contributed by atoms with Crippen LogP contribution < -0.4 is 5.73 Å². The Kier molecular flexibility index (Phi) is 4.17. The van der Waals surface area contributed by atoms with Crippen LogP contribution >= 0.6 is 0 Å². The molecule has 1 aromatic heterocycles. The van der Waals surface area contributed by atoms with Crippen molar-refractivity contribution in [3.05, 3.63) is 34.5 Å². The molecule has 124 valence electrons. The topological polar surface area (TPSA) is 60.5 Å². The van der Waals surface area contributed by atoms with Crippen molar-refractivity contribution in [2.45, 2.75) is 45.9 Å². The van der Waals surface area contributed by atoms with Crippen molar-refractivity contribution in [1.29, 1.82) is 0 Å². The molecule has 23 heavy (non-hydrogen) atoms. The summed E-state index contributed by atoms with van der Waals surface area (Å²) < 4.78 is 7.09. The zero-order chi connectivity index (χ0) is 16.7. The van der Waals surface area contributed by atoms with Crippen molar-refractivity contribution < 1.29 is 9.53 Å². The summed E-state index contributed by atoms with van der Waals surface area (Å²) in [6.45, 7) is 7.14. The SMILES string of the molecule is CCn1c(C)c(CC(N)C(=O)OC)c2cc3c(cc21)CN(C)C3. The van der Waals surface area contributed by atoms with Gasteiger partial charge in [0.15, 0.2) is 0 Å². The average molecular weight is 315 g/mol. The van der Waals surface area contributed by atoms with Gasteiger partial charge in [-0.2, -0.15) is 0 Å². The van der Waals surface area contributed by atoms with E-state index in [2.05, 4.69) is 42.5 Å². The van der Waals surface area contributed by atoms with E-state index >= 15 is 0 Å². The highest BCUT2D eigenvalue weighted by Gasteiger charge is 2.23. The van der Waals surface area contributed by atoms with Gasteiger partial charge < -0.3 is 15.0 Å². The summed E-state index contributed by atoms with van der Waals surface area (Å²) in [5.41, 5.74) is 12.4. The number of aromatic nitrogens is 1. The van der Waals surface area contributed by atoms with Gasteiger partial charge in [0.05, 0.1) is 7.11 Å². The fourth-order valence-corrected chi connectivity index (χ4v) is 3.73. The minimum absolute atomic E-state index is 0.359. The molecule has 1 aliphatic heterocycles. The Balaban J connectivity index is 2.12. The molecule has 0 saturated carbocycles. The quantitative estimate of drug-likeness (QED) is 0.876. The maximum absolute atomic E-state index is 11.7. The first-order valence-corrected chi connectivity index (χ1v) is 8.11. The number of rotatable bonds is 4. The minimum atomic E-state index is -0.620. The Hall–Kier alpha value is -1.85. The standard InChI is InChI=1S/C18H25N3O2/c1-5-21-11(2)14(8-16(19)18(22)23-4)15-6-12-9-20(3)10-13(12)7-17(15)21/h6-7,16H,5,8-10,19H2,1-4H3. The van der Waals surface area contributed by atoms with Crippen LogP contribution in [0.1, 0.15) is 29.3 Å². The zero-order valence-corrected chi connectivity index (χ0v) is 14.3. The normalized spacial score (nSPS) is 15.9. The number of benzene rings is 1. The van der Waals surface area contributed by atoms with Gasteiger partial charge in [-0.05, 0) is 49.7 Å². The molecule has 0 fully saturated rings. The van der Waals surface area contributed by atoms with Crippen LogP contribution in [0.3, 0.4) is 0 Å². The van der Waals surface area contributed by atoms with Gasteiger partial charge in [0.1, 0.15) is 6.04 Å². The molecule has 0 radical (unpaired) electrons. The molecular weight excluding hydrogens is 290 g/mol. The monoisotopic (exact) mass is 315 g/mol. The molecule has 1 atom stereocenters. The number of nitrogens with zero attached hydrogens (tertiary/aromatic N) is 2. The maximum Gasteiger partial charge on any atom is 0.322 e. The zero-order valence-electron chi connectivity index (χ0n) is 14.3. The first-order chi connectivity index (χ1) is 11.0. The fourth-order valence-electron chi connectivity index (χ4n) is 3.73. The first-order valence-electron chi connectivity index (χ1n) is 8.11. The van der Waals surface area contributed by atoms with Crippen molar-refractivity contribution in [2.24, 2.45) is 5.73 Å². The Bertz CT molecular complexity index is 763. The van der Waals surface area contributed by atoms with Crippen LogP contribution in [0.25, 0.3) is 10.9 Å². The van der Waals surface area contributed by atoms with Gasteiger partial charge in [-0.1, -0.05) is 0 Å². The van der Waals surface area contributed by atoms with Crippen LogP contribution in [0.4, 0.5) is 0 Å². The van der Waals surface area contributed by atoms with Crippen molar-refractivity contribution >= 4 is 16.9 Å². The van der Waals surface area contributed by atoms with Crippen molar-refractivity contribution in [3.63, 3.8) is 0 Å². The molecule has 0 aliphatic carbocycles. The van der Waals surface area contributed by atoms with Crippen molar-refractivity contribution in [2.75, 3.05) is 14.2 Å². The molecular formula is C18H25N3O2. The molecule has 0 bridgehead atoms. The molecule has 0 amide bonds. The number of carbonyl (C=O) groups is 1. The molecule has 2 aromatic rings. The van der Waals surface area contributed by atoms with Crippen molar-refractivity contribution in [3.8, 4) is 0 Å². The third kappa shape index (κ3) is 2.64. The molecule has 1 aromatic carbocycles. The van der Waals surface area contributed by atoms with E-state index in [-0.39, 0.29) is 5.97 Å². The summed E-state index contributed by atoms with van der Waals surface area (Å²) in [7, 11) is 3.52. The van der Waals surface area contributed by atoms with Gasteiger partial charge in [-0.25, -0.2) is 0 Å². The average Bonchev–Trinajstić information content (AvgIpc) is 3.01. The second-order valence-corrected chi connectivity index (χ2v) is 6.45. The second kappa shape index (κ2) is 5.98. The lowest BCUT2D eigenvalue weighted by Gasteiger charge is -2.10. The summed E-state index contributed by atoms with van der Waals surface area (Å²) in [6.07, 6.45) is 0.511. The maximum atomic E-state index is 11.7. The predicted molar refractivity (Wildman–Crippen MR) is 91.2 cm³/mol. The number of ether oxygens (including phenoxy) is 1. The van der Waals surface area contributed by atoms with Gasteiger partial charge in [0, 0.05) is 42.7 Å². The van der Waals surface area contributed by atoms with Gasteiger partial charge in [0.2, 0.25) is 0 Å². The molecule has 3 rings (SSSR count). The Morgan fingerprint density at radius 2 is 2.00 bits per heavy atom. The number of nitrogens with two attached hydrogens (primary N) is 1.